The number of nitrogens with zero attached hydrogens (tertiary/aromatic N) is 3. The van der Waals surface area contributed by atoms with Crippen molar-refractivity contribution in [3.63, 3.8) is 0 Å². The second kappa shape index (κ2) is 11.4. The summed E-state index contributed by atoms with van der Waals surface area (Å²) in [5, 5.41) is 22.6. The average Bonchev–Trinajstić information content (AvgIpc) is 3.17. The number of nitrogens with one attached hydrogen (secondary N) is 1. The number of carboxylic acids is 2. The van der Waals surface area contributed by atoms with Gasteiger partial charge < -0.3 is 10.2 Å². The highest BCUT2D eigenvalue weighted by molar-refractivity contribution is 6.27. The second-order valence-corrected chi connectivity index (χ2v) is 8.13. The lowest BCUT2D eigenvalue weighted by molar-refractivity contribution is -0.159. The first-order chi connectivity index (χ1) is 15.8. The zero-order chi connectivity index (χ0) is 23.8. The van der Waals surface area contributed by atoms with Gasteiger partial charge in [0.2, 0.25) is 0 Å². The van der Waals surface area contributed by atoms with Crippen molar-refractivity contribution in [2.24, 2.45) is 0 Å². The number of aryl methyl sites for hydroxylation is 2. The first kappa shape index (κ1) is 24.2. The Hall–Kier alpha value is -3.49. The lowest BCUT2D eigenvalue weighted by atomic mass is 10.0. The molecule has 1 fully saturated rings. The lowest BCUT2D eigenvalue weighted by Gasteiger charge is -2.34. The molecule has 0 bridgehead atoms. The van der Waals surface area contributed by atoms with Crippen LogP contribution >= 0.6 is 0 Å². The molecule has 0 saturated carbocycles. The van der Waals surface area contributed by atoms with Crippen LogP contribution in [-0.2, 0) is 22.7 Å². The first-order valence-electron chi connectivity index (χ1n) is 10.9. The van der Waals surface area contributed by atoms with Crippen LogP contribution in [0.2, 0.25) is 0 Å². The number of hydrogen-bond donors (Lipinski definition) is 3. The summed E-state index contributed by atoms with van der Waals surface area (Å²) in [6, 6.07) is 19.3. The van der Waals surface area contributed by atoms with Crippen molar-refractivity contribution in [1.82, 2.24) is 20.0 Å². The van der Waals surface area contributed by atoms with Crippen LogP contribution < -0.4 is 0 Å². The summed E-state index contributed by atoms with van der Waals surface area (Å²) in [6.07, 6.45) is 0. The number of aromatic nitrogens is 2. The van der Waals surface area contributed by atoms with Gasteiger partial charge >= 0.3 is 11.9 Å². The minimum Gasteiger partial charge on any atom is -0.473 e. The summed E-state index contributed by atoms with van der Waals surface area (Å²) < 4.78 is 0. The fraction of sp³-hybridized carbons (Fsp3) is 0.320. The maximum atomic E-state index is 9.10. The Morgan fingerprint density at radius 3 is 1.97 bits per heavy atom. The Bertz CT molecular complexity index is 1060. The number of H-pyrrole nitrogens is 1. The van der Waals surface area contributed by atoms with Gasteiger partial charge in [0.05, 0.1) is 5.69 Å². The SMILES string of the molecule is Cc1ccccc1CN1CCN(Cc2n[nH]c(C)c2-c2ccccc2)CC1.O=C(O)C(=O)O. The van der Waals surface area contributed by atoms with Gasteiger partial charge in [-0.05, 0) is 30.5 Å². The van der Waals surface area contributed by atoms with E-state index in [1.165, 1.54) is 22.3 Å². The quantitative estimate of drug-likeness (QED) is 0.512. The maximum absolute atomic E-state index is 9.10. The van der Waals surface area contributed by atoms with E-state index in [0.717, 1.165) is 50.7 Å². The van der Waals surface area contributed by atoms with Crippen molar-refractivity contribution in [2.75, 3.05) is 26.2 Å². The van der Waals surface area contributed by atoms with Gasteiger partial charge in [-0.3, -0.25) is 14.9 Å². The van der Waals surface area contributed by atoms with E-state index in [1.54, 1.807) is 0 Å². The molecule has 1 aliphatic rings. The predicted octanol–water partition coefficient (Wildman–Crippen LogP) is 3.17. The number of aliphatic carboxylic acids is 2. The van der Waals surface area contributed by atoms with E-state index in [-0.39, 0.29) is 0 Å². The van der Waals surface area contributed by atoms with Gasteiger partial charge in [-0.15, -0.1) is 0 Å². The van der Waals surface area contributed by atoms with Crippen molar-refractivity contribution in [3.05, 3.63) is 77.1 Å². The molecule has 1 aliphatic heterocycles. The standard InChI is InChI=1S/C23H28N4.C2H2O4/c1-18-8-6-7-11-21(18)16-26-12-14-27(15-13-26)17-22-23(19(2)24-25-22)20-9-4-3-5-10-20;3-1(4)2(5)6/h3-11H,12-17H2,1-2H3,(H,24,25);(H,3,4)(H,5,6). The zero-order valence-electron chi connectivity index (χ0n) is 19.0. The monoisotopic (exact) mass is 450 g/mol. The molecule has 0 spiro atoms. The Labute approximate surface area is 193 Å². The summed E-state index contributed by atoms with van der Waals surface area (Å²) in [5.41, 5.74) is 7.65. The van der Waals surface area contributed by atoms with Gasteiger partial charge in [-0.1, -0.05) is 54.6 Å². The topological polar surface area (TPSA) is 110 Å². The highest BCUT2D eigenvalue weighted by atomic mass is 16.4. The van der Waals surface area contributed by atoms with Crippen molar-refractivity contribution in [1.29, 1.82) is 0 Å². The summed E-state index contributed by atoms with van der Waals surface area (Å²) in [7, 11) is 0. The molecule has 0 atom stereocenters. The summed E-state index contributed by atoms with van der Waals surface area (Å²) in [6.45, 7) is 10.7. The molecule has 2 aromatic carbocycles. The Morgan fingerprint density at radius 2 is 1.39 bits per heavy atom. The van der Waals surface area contributed by atoms with Crippen LogP contribution in [0.1, 0.15) is 22.5 Å². The molecule has 33 heavy (non-hydrogen) atoms. The third-order valence-corrected chi connectivity index (χ3v) is 5.76. The average molecular weight is 451 g/mol. The molecule has 174 valence electrons. The molecule has 4 rings (SSSR count). The van der Waals surface area contributed by atoms with E-state index in [9.17, 15) is 0 Å². The summed E-state index contributed by atoms with van der Waals surface area (Å²) in [5.74, 6) is -3.65. The number of hydrogen-bond acceptors (Lipinski definition) is 5. The third kappa shape index (κ3) is 6.74. The first-order valence-corrected chi connectivity index (χ1v) is 10.9. The van der Waals surface area contributed by atoms with Crippen LogP contribution in [0.15, 0.2) is 54.6 Å². The van der Waals surface area contributed by atoms with Crippen molar-refractivity contribution >= 4 is 11.9 Å². The van der Waals surface area contributed by atoms with Crippen molar-refractivity contribution in [2.45, 2.75) is 26.9 Å². The highest BCUT2D eigenvalue weighted by Crippen LogP contribution is 2.26. The minimum atomic E-state index is -1.82. The van der Waals surface area contributed by atoms with Crippen molar-refractivity contribution < 1.29 is 19.8 Å². The van der Waals surface area contributed by atoms with Gasteiger partial charge in [-0.2, -0.15) is 5.10 Å². The van der Waals surface area contributed by atoms with Crippen LogP contribution in [0.3, 0.4) is 0 Å². The van der Waals surface area contributed by atoms with E-state index < -0.39 is 11.9 Å². The van der Waals surface area contributed by atoms with E-state index in [4.69, 9.17) is 19.8 Å². The molecular weight excluding hydrogens is 420 g/mol. The highest BCUT2D eigenvalue weighted by Gasteiger charge is 2.20. The minimum absolute atomic E-state index is 0.909. The number of carboxylic acid groups (broad SMARTS) is 2. The number of piperazine rings is 1. The summed E-state index contributed by atoms with van der Waals surface area (Å²) >= 11 is 0. The largest absolute Gasteiger partial charge is 0.473 e. The molecule has 3 N–H and O–H groups in total. The Kier molecular flexibility index (Phi) is 8.34. The molecule has 3 aromatic rings. The van der Waals surface area contributed by atoms with Crippen LogP contribution in [0.5, 0.6) is 0 Å². The number of carbonyl (C=O) groups is 2. The molecule has 0 unspecified atom stereocenters. The number of rotatable bonds is 5. The van der Waals surface area contributed by atoms with E-state index in [2.05, 4.69) is 88.4 Å². The second-order valence-electron chi connectivity index (χ2n) is 8.13. The molecule has 2 heterocycles. The Morgan fingerprint density at radius 1 is 0.848 bits per heavy atom. The van der Waals surface area contributed by atoms with Gasteiger partial charge in [0.1, 0.15) is 0 Å². The normalized spacial score (nSPS) is 14.4. The number of benzene rings is 2. The number of aromatic amines is 1. The fourth-order valence-corrected chi connectivity index (χ4v) is 3.93. The molecule has 0 radical (unpaired) electrons. The lowest BCUT2D eigenvalue weighted by Crippen LogP contribution is -2.45. The van der Waals surface area contributed by atoms with Crippen LogP contribution in [0.4, 0.5) is 0 Å². The Balaban J connectivity index is 0.000000454. The molecule has 1 saturated heterocycles. The molecule has 0 aliphatic carbocycles. The zero-order valence-corrected chi connectivity index (χ0v) is 19.0. The van der Waals surface area contributed by atoms with Crippen LogP contribution in [-0.4, -0.2) is 68.3 Å². The van der Waals surface area contributed by atoms with Crippen LogP contribution in [0, 0.1) is 13.8 Å². The smallest absolute Gasteiger partial charge is 0.414 e. The van der Waals surface area contributed by atoms with Gasteiger partial charge in [0, 0.05) is 50.5 Å². The third-order valence-electron chi connectivity index (χ3n) is 5.76. The predicted molar refractivity (Wildman–Crippen MR) is 126 cm³/mol. The van der Waals surface area contributed by atoms with E-state index in [0.29, 0.717) is 0 Å². The van der Waals surface area contributed by atoms with Gasteiger partial charge in [-0.25, -0.2) is 9.59 Å². The molecule has 1 aromatic heterocycles. The fourth-order valence-electron chi connectivity index (χ4n) is 3.93. The van der Waals surface area contributed by atoms with E-state index in [1.807, 2.05) is 0 Å². The van der Waals surface area contributed by atoms with Gasteiger partial charge in [0.25, 0.3) is 0 Å². The molecule has 8 nitrogen and oxygen atoms in total. The van der Waals surface area contributed by atoms with Crippen molar-refractivity contribution in [3.8, 4) is 11.1 Å². The van der Waals surface area contributed by atoms with E-state index >= 15 is 0 Å². The molecular formula is C25H30N4O4. The van der Waals surface area contributed by atoms with Gasteiger partial charge in [0.15, 0.2) is 0 Å². The maximum Gasteiger partial charge on any atom is 0.414 e. The van der Waals surface area contributed by atoms with Crippen LogP contribution in [0.25, 0.3) is 11.1 Å². The molecule has 8 heteroatoms. The summed E-state index contributed by atoms with van der Waals surface area (Å²) in [4.78, 5) is 23.3. The molecule has 0 amide bonds.